The fraction of sp³-hybridized carbons (Fsp3) is 0.333. The predicted octanol–water partition coefficient (Wildman–Crippen LogP) is 2.47. The molecule has 0 amide bonds. The molecule has 94 valence electrons. The van der Waals surface area contributed by atoms with Gasteiger partial charge in [0.25, 0.3) is 5.69 Å². The maximum atomic E-state index is 10.7. The van der Waals surface area contributed by atoms with Gasteiger partial charge in [-0.1, -0.05) is 20.8 Å². The average molecular weight is 246 g/mol. The second-order valence-electron chi connectivity index (χ2n) is 5.02. The van der Waals surface area contributed by atoms with E-state index >= 15 is 0 Å². The summed E-state index contributed by atoms with van der Waals surface area (Å²) in [6.07, 6.45) is 3.17. The minimum atomic E-state index is -0.445. The van der Waals surface area contributed by atoms with Crippen molar-refractivity contribution in [1.29, 1.82) is 0 Å². The van der Waals surface area contributed by atoms with Gasteiger partial charge in [0.05, 0.1) is 16.7 Å². The van der Waals surface area contributed by atoms with Gasteiger partial charge >= 0.3 is 0 Å². The Balaban J connectivity index is 2.40. The van der Waals surface area contributed by atoms with Gasteiger partial charge in [0.1, 0.15) is 0 Å². The molecular weight excluding hydrogens is 232 g/mol. The van der Waals surface area contributed by atoms with Crippen molar-refractivity contribution in [2.24, 2.45) is 0 Å². The fourth-order valence-electron chi connectivity index (χ4n) is 1.50. The molecule has 6 heteroatoms. The van der Waals surface area contributed by atoms with Crippen molar-refractivity contribution in [2.75, 3.05) is 0 Å². The summed E-state index contributed by atoms with van der Waals surface area (Å²) < 4.78 is 1.55. The molecular formula is C12H14N4O2. The maximum Gasteiger partial charge on any atom is 0.274 e. The highest BCUT2D eigenvalue weighted by Gasteiger charge is 2.17. The van der Waals surface area contributed by atoms with Gasteiger partial charge in [0.2, 0.25) is 0 Å². The number of hydrogen-bond donors (Lipinski definition) is 0. The first-order chi connectivity index (χ1) is 8.38. The third-order valence-corrected chi connectivity index (χ3v) is 2.53. The van der Waals surface area contributed by atoms with Crippen molar-refractivity contribution in [3.05, 3.63) is 46.4 Å². The molecule has 0 saturated heterocycles. The molecule has 18 heavy (non-hydrogen) atoms. The van der Waals surface area contributed by atoms with E-state index in [0.717, 1.165) is 5.69 Å². The minimum absolute atomic E-state index is 0.00723. The molecule has 0 saturated carbocycles. The smallest absolute Gasteiger partial charge is 0.258 e. The first kappa shape index (κ1) is 12.2. The van der Waals surface area contributed by atoms with Gasteiger partial charge in [-0.3, -0.25) is 10.1 Å². The van der Waals surface area contributed by atoms with E-state index in [2.05, 4.69) is 30.9 Å². The van der Waals surface area contributed by atoms with Crippen LogP contribution in [0.15, 0.2) is 30.6 Å². The minimum Gasteiger partial charge on any atom is -0.258 e. The zero-order valence-electron chi connectivity index (χ0n) is 10.5. The third kappa shape index (κ3) is 2.37. The quantitative estimate of drug-likeness (QED) is 0.602. The molecule has 0 bridgehead atoms. The number of nitrogens with zero attached hydrogens (tertiary/aromatic N) is 4. The number of pyridine rings is 1. The number of rotatable bonds is 2. The Kier molecular flexibility index (Phi) is 2.86. The van der Waals surface area contributed by atoms with Gasteiger partial charge in [0, 0.05) is 23.9 Å². The second kappa shape index (κ2) is 4.21. The summed E-state index contributed by atoms with van der Waals surface area (Å²) in [5.74, 6) is 0.444. The van der Waals surface area contributed by atoms with Crippen molar-refractivity contribution in [3.63, 3.8) is 0 Å². The topological polar surface area (TPSA) is 73.8 Å². The van der Waals surface area contributed by atoms with Crippen LogP contribution in [0.2, 0.25) is 0 Å². The molecule has 0 atom stereocenters. The molecule has 0 aliphatic carbocycles. The molecule has 0 unspecified atom stereocenters. The standard InChI is InChI=1S/C12H14N4O2/c1-12(2,3)10-5-7-15(14-10)11-8-9(16(17)18)4-6-13-11/h4-8H,1-3H3. The lowest BCUT2D eigenvalue weighted by molar-refractivity contribution is -0.384. The third-order valence-electron chi connectivity index (χ3n) is 2.53. The Labute approximate surface area is 104 Å². The van der Waals surface area contributed by atoms with Crippen LogP contribution in [0.3, 0.4) is 0 Å². The van der Waals surface area contributed by atoms with E-state index in [1.807, 2.05) is 6.07 Å². The molecule has 0 spiro atoms. The van der Waals surface area contributed by atoms with Gasteiger partial charge in [0.15, 0.2) is 5.82 Å². The van der Waals surface area contributed by atoms with Crippen molar-refractivity contribution in [2.45, 2.75) is 26.2 Å². The van der Waals surface area contributed by atoms with Gasteiger partial charge in [-0.15, -0.1) is 0 Å². The Morgan fingerprint density at radius 2 is 2.06 bits per heavy atom. The van der Waals surface area contributed by atoms with Gasteiger partial charge in [-0.05, 0) is 6.07 Å². The van der Waals surface area contributed by atoms with E-state index in [1.54, 1.807) is 10.9 Å². The highest BCUT2D eigenvalue weighted by atomic mass is 16.6. The summed E-state index contributed by atoms with van der Waals surface area (Å²) in [7, 11) is 0. The van der Waals surface area contributed by atoms with Crippen LogP contribution in [-0.4, -0.2) is 19.7 Å². The molecule has 0 aliphatic rings. The first-order valence-corrected chi connectivity index (χ1v) is 5.55. The summed E-state index contributed by atoms with van der Waals surface area (Å²) >= 11 is 0. The Morgan fingerprint density at radius 1 is 1.33 bits per heavy atom. The highest BCUT2D eigenvalue weighted by Crippen LogP contribution is 2.21. The van der Waals surface area contributed by atoms with E-state index in [9.17, 15) is 10.1 Å². The zero-order valence-corrected chi connectivity index (χ0v) is 10.5. The van der Waals surface area contributed by atoms with Crippen molar-refractivity contribution < 1.29 is 4.92 Å². The van der Waals surface area contributed by atoms with E-state index in [1.165, 1.54) is 18.3 Å². The van der Waals surface area contributed by atoms with Crippen LogP contribution in [0.1, 0.15) is 26.5 Å². The van der Waals surface area contributed by atoms with Crippen LogP contribution in [0.4, 0.5) is 5.69 Å². The van der Waals surface area contributed by atoms with Crippen LogP contribution < -0.4 is 0 Å². The summed E-state index contributed by atoms with van der Waals surface area (Å²) in [5, 5.41) is 15.1. The summed E-state index contributed by atoms with van der Waals surface area (Å²) in [6, 6.07) is 4.65. The number of aromatic nitrogens is 3. The van der Waals surface area contributed by atoms with Crippen molar-refractivity contribution in [3.8, 4) is 5.82 Å². The van der Waals surface area contributed by atoms with Crippen LogP contribution in [0.5, 0.6) is 0 Å². The lowest BCUT2D eigenvalue weighted by atomic mass is 9.93. The van der Waals surface area contributed by atoms with Gasteiger partial charge in [-0.2, -0.15) is 5.10 Å². The molecule has 0 N–H and O–H groups in total. The largest absolute Gasteiger partial charge is 0.274 e. The van der Waals surface area contributed by atoms with E-state index in [-0.39, 0.29) is 11.1 Å². The van der Waals surface area contributed by atoms with Crippen molar-refractivity contribution in [1.82, 2.24) is 14.8 Å². The summed E-state index contributed by atoms with van der Waals surface area (Å²) in [6.45, 7) is 6.17. The van der Waals surface area contributed by atoms with Crippen LogP contribution in [0.25, 0.3) is 5.82 Å². The lowest BCUT2D eigenvalue weighted by Crippen LogP contribution is -2.12. The molecule has 0 aromatic carbocycles. The average Bonchev–Trinajstić information content (AvgIpc) is 2.78. The predicted molar refractivity (Wildman–Crippen MR) is 66.7 cm³/mol. The molecule has 2 aromatic rings. The number of hydrogen-bond acceptors (Lipinski definition) is 4. The maximum absolute atomic E-state index is 10.7. The van der Waals surface area contributed by atoms with E-state index in [4.69, 9.17) is 0 Å². The Morgan fingerprint density at radius 3 is 2.61 bits per heavy atom. The summed E-state index contributed by atoms with van der Waals surface area (Å²) in [5.41, 5.74) is 0.856. The molecule has 0 radical (unpaired) electrons. The van der Waals surface area contributed by atoms with Crippen molar-refractivity contribution >= 4 is 5.69 Å². The van der Waals surface area contributed by atoms with Crippen LogP contribution >= 0.6 is 0 Å². The monoisotopic (exact) mass is 246 g/mol. The second-order valence-corrected chi connectivity index (χ2v) is 5.02. The highest BCUT2D eigenvalue weighted by molar-refractivity contribution is 5.36. The SMILES string of the molecule is CC(C)(C)c1ccn(-c2cc([N+](=O)[O-])ccn2)n1. The molecule has 2 rings (SSSR count). The Hall–Kier alpha value is -2.24. The molecule has 0 fully saturated rings. The molecule has 2 aromatic heterocycles. The van der Waals surface area contributed by atoms with E-state index in [0.29, 0.717) is 5.82 Å². The zero-order chi connectivity index (χ0) is 13.3. The lowest BCUT2D eigenvalue weighted by Gasteiger charge is -2.14. The number of nitro groups is 1. The van der Waals surface area contributed by atoms with Crippen LogP contribution in [0, 0.1) is 10.1 Å². The Bertz CT molecular complexity index is 584. The molecule has 0 aliphatic heterocycles. The molecule has 2 heterocycles. The van der Waals surface area contributed by atoms with Crippen LogP contribution in [-0.2, 0) is 5.41 Å². The summed E-state index contributed by atoms with van der Waals surface area (Å²) in [4.78, 5) is 14.3. The van der Waals surface area contributed by atoms with Gasteiger partial charge < -0.3 is 0 Å². The normalized spacial score (nSPS) is 11.5. The van der Waals surface area contributed by atoms with Gasteiger partial charge in [-0.25, -0.2) is 9.67 Å². The van der Waals surface area contributed by atoms with E-state index < -0.39 is 4.92 Å². The fourth-order valence-corrected chi connectivity index (χ4v) is 1.50. The first-order valence-electron chi connectivity index (χ1n) is 5.55. The molecule has 6 nitrogen and oxygen atoms in total.